The number of amides is 1. The Bertz CT molecular complexity index is 572. The van der Waals surface area contributed by atoms with Crippen molar-refractivity contribution in [2.24, 2.45) is 17.4 Å². The van der Waals surface area contributed by atoms with E-state index in [1.54, 1.807) is 0 Å². The monoisotopic (exact) mass is 439 g/mol. The van der Waals surface area contributed by atoms with Gasteiger partial charge >= 0.3 is 0 Å². The van der Waals surface area contributed by atoms with Gasteiger partial charge in [0.25, 0.3) is 0 Å². The van der Waals surface area contributed by atoms with Crippen molar-refractivity contribution in [3.63, 3.8) is 0 Å². The SMILES string of the molecule is NCCCC(=O)N[C@H]1C[C@@H](O)[C@H](O[C@@H]2CCC=C(CNCC3CCNCC3)O2)[C@@H](N)C1. The first-order valence-electron chi connectivity index (χ1n) is 11.9. The van der Waals surface area contributed by atoms with Gasteiger partial charge in [-0.3, -0.25) is 4.79 Å². The highest BCUT2D eigenvalue weighted by atomic mass is 16.7. The molecule has 0 aromatic carbocycles. The van der Waals surface area contributed by atoms with Crippen molar-refractivity contribution in [1.82, 2.24) is 16.0 Å². The first kappa shape index (κ1) is 24.4. The third-order valence-corrected chi connectivity index (χ3v) is 6.41. The zero-order valence-corrected chi connectivity index (χ0v) is 18.6. The van der Waals surface area contributed by atoms with Crippen LogP contribution in [0.25, 0.3) is 0 Å². The van der Waals surface area contributed by atoms with Gasteiger partial charge in [-0.25, -0.2) is 0 Å². The molecule has 1 amide bonds. The van der Waals surface area contributed by atoms with Crippen LogP contribution >= 0.6 is 0 Å². The summed E-state index contributed by atoms with van der Waals surface area (Å²) < 4.78 is 12.1. The Hall–Kier alpha value is -1.23. The van der Waals surface area contributed by atoms with E-state index in [0.29, 0.717) is 38.8 Å². The average Bonchev–Trinajstić information content (AvgIpc) is 2.76. The minimum absolute atomic E-state index is 0.0448. The van der Waals surface area contributed by atoms with E-state index in [9.17, 15) is 9.90 Å². The number of aliphatic hydroxyl groups excluding tert-OH is 1. The fourth-order valence-electron chi connectivity index (χ4n) is 4.67. The minimum Gasteiger partial charge on any atom is -0.468 e. The van der Waals surface area contributed by atoms with Gasteiger partial charge in [0.15, 0.2) is 6.29 Å². The molecule has 5 atom stereocenters. The highest BCUT2D eigenvalue weighted by Gasteiger charge is 2.38. The summed E-state index contributed by atoms with van der Waals surface area (Å²) in [6.07, 6.45) is 6.58. The first-order chi connectivity index (χ1) is 15.0. The summed E-state index contributed by atoms with van der Waals surface area (Å²) in [5.74, 6) is 1.57. The van der Waals surface area contributed by atoms with Gasteiger partial charge in [-0.1, -0.05) is 0 Å². The van der Waals surface area contributed by atoms with Gasteiger partial charge in [0.05, 0.1) is 12.6 Å². The van der Waals surface area contributed by atoms with Crippen LogP contribution in [0.4, 0.5) is 0 Å². The predicted octanol–water partition coefficient (Wildman–Crippen LogP) is -0.313. The van der Waals surface area contributed by atoms with Gasteiger partial charge in [0.1, 0.15) is 11.9 Å². The van der Waals surface area contributed by atoms with Crippen molar-refractivity contribution in [2.45, 2.75) is 81.9 Å². The smallest absolute Gasteiger partial charge is 0.220 e. The lowest BCUT2D eigenvalue weighted by Crippen LogP contribution is -2.57. The van der Waals surface area contributed by atoms with Crippen LogP contribution in [-0.2, 0) is 14.3 Å². The van der Waals surface area contributed by atoms with E-state index in [-0.39, 0.29) is 18.0 Å². The van der Waals surface area contributed by atoms with Gasteiger partial charge in [-0.15, -0.1) is 0 Å². The molecular weight excluding hydrogens is 398 g/mol. The minimum atomic E-state index is -0.737. The fraction of sp³-hybridized carbons (Fsp3) is 0.864. The zero-order chi connectivity index (χ0) is 22.1. The van der Waals surface area contributed by atoms with Crippen LogP contribution in [0.1, 0.15) is 51.4 Å². The number of ether oxygens (including phenoxy) is 2. The molecule has 9 nitrogen and oxygen atoms in total. The summed E-state index contributed by atoms with van der Waals surface area (Å²) in [5, 5.41) is 20.5. The van der Waals surface area contributed by atoms with Gasteiger partial charge in [0.2, 0.25) is 5.91 Å². The van der Waals surface area contributed by atoms with Crippen molar-refractivity contribution in [3.05, 3.63) is 11.8 Å². The number of carbonyl (C=O) groups excluding carboxylic acids is 1. The molecule has 0 aromatic rings. The molecular formula is C22H41N5O4. The van der Waals surface area contributed by atoms with Crippen molar-refractivity contribution < 1.29 is 19.4 Å². The molecule has 1 saturated heterocycles. The number of hydrogen-bond acceptors (Lipinski definition) is 8. The van der Waals surface area contributed by atoms with Crippen LogP contribution in [0.2, 0.25) is 0 Å². The van der Waals surface area contributed by atoms with Gasteiger partial charge in [-0.2, -0.15) is 0 Å². The van der Waals surface area contributed by atoms with Gasteiger partial charge in [0, 0.05) is 24.9 Å². The third-order valence-electron chi connectivity index (χ3n) is 6.41. The van der Waals surface area contributed by atoms with Gasteiger partial charge in [-0.05, 0) is 76.7 Å². The molecule has 178 valence electrons. The molecule has 0 aromatic heterocycles. The maximum absolute atomic E-state index is 11.9. The normalized spacial score (nSPS) is 32.2. The fourth-order valence-corrected chi connectivity index (χ4v) is 4.67. The Balaban J connectivity index is 1.39. The molecule has 1 saturated carbocycles. The second kappa shape index (κ2) is 12.7. The van der Waals surface area contributed by atoms with Crippen molar-refractivity contribution in [3.8, 4) is 0 Å². The Morgan fingerprint density at radius 1 is 1.29 bits per heavy atom. The quantitative estimate of drug-likeness (QED) is 0.272. The van der Waals surface area contributed by atoms with E-state index in [2.05, 4.69) is 22.0 Å². The lowest BCUT2D eigenvalue weighted by Gasteiger charge is -2.40. The van der Waals surface area contributed by atoms with Crippen LogP contribution < -0.4 is 27.4 Å². The summed E-state index contributed by atoms with van der Waals surface area (Å²) >= 11 is 0. The molecule has 0 spiro atoms. The second-order valence-corrected chi connectivity index (χ2v) is 9.08. The van der Waals surface area contributed by atoms with Crippen LogP contribution in [0.15, 0.2) is 11.8 Å². The highest BCUT2D eigenvalue weighted by Crippen LogP contribution is 2.26. The van der Waals surface area contributed by atoms with E-state index in [1.807, 2.05) is 0 Å². The summed E-state index contributed by atoms with van der Waals surface area (Å²) in [7, 11) is 0. The molecule has 31 heavy (non-hydrogen) atoms. The third kappa shape index (κ3) is 8.00. The molecule has 3 rings (SSSR count). The van der Waals surface area contributed by atoms with E-state index >= 15 is 0 Å². The Morgan fingerprint density at radius 2 is 2.10 bits per heavy atom. The maximum atomic E-state index is 11.9. The van der Waals surface area contributed by atoms with Crippen LogP contribution in [-0.4, -0.2) is 74.3 Å². The number of rotatable bonds is 10. The molecule has 0 unspecified atom stereocenters. The largest absolute Gasteiger partial charge is 0.468 e. The lowest BCUT2D eigenvalue weighted by molar-refractivity contribution is -0.195. The topological polar surface area (TPSA) is 144 Å². The molecule has 0 bridgehead atoms. The first-order valence-corrected chi connectivity index (χ1v) is 11.9. The molecule has 1 aliphatic carbocycles. The highest BCUT2D eigenvalue weighted by molar-refractivity contribution is 5.76. The number of nitrogens with two attached hydrogens (primary N) is 2. The number of hydrogen-bond donors (Lipinski definition) is 6. The molecule has 2 heterocycles. The second-order valence-electron chi connectivity index (χ2n) is 9.08. The molecule has 2 aliphatic heterocycles. The van der Waals surface area contributed by atoms with Crippen LogP contribution in [0.5, 0.6) is 0 Å². The van der Waals surface area contributed by atoms with E-state index in [1.165, 1.54) is 12.8 Å². The number of allylic oxidation sites excluding steroid dienone is 1. The number of piperidine rings is 1. The van der Waals surface area contributed by atoms with Crippen LogP contribution in [0, 0.1) is 5.92 Å². The molecule has 8 N–H and O–H groups in total. The van der Waals surface area contributed by atoms with Crippen LogP contribution in [0.3, 0.4) is 0 Å². The average molecular weight is 440 g/mol. The van der Waals surface area contributed by atoms with E-state index < -0.39 is 18.5 Å². The Morgan fingerprint density at radius 3 is 2.84 bits per heavy atom. The lowest BCUT2D eigenvalue weighted by atomic mass is 9.86. The maximum Gasteiger partial charge on any atom is 0.220 e. The zero-order valence-electron chi connectivity index (χ0n) is 18.6. The molecule has 0 radical (unpaired) electrons. The molecule has 3 aliphatic rings. The standard InChI is InChI=1S/C22H41N5O4/c23-8-2-4-20(29)27-16-11-18(24)22(19(28)12-16)31-21-5-1-3-17(30-21)14-26-13-15-6-9-25-10-7-15/h3,15-16,18-19,21-22,25-26,28H,1-2,4-14,23-24H2,(H,27,29)/t16-,18+,19-,21-,22-/m1/s1. The number of aliphatic hydroxyl groups is 1. The number of nitrogens with one attached hydrogen (secondary N) is 3. The number of carbonyl (C=O) groups is 1. The molecule has 9 heteroatoms. The van der Waals surface area contributed by atoms with E-state index in [0.717, 1.165) is 44.2 Å². The van der Waals surface area contributed by atoms with Crippen molar-refractivity contribution in [2.75, 3.05) is 32.7 Å². The van der Waals surface area contributed by atoms with Gasteiger partial charge < -0.3 is 42.0 Å². The summed E-state index contributed by atoms with van der Waals surface area (Å²) in [6, 6.07) is -0.503. The summed E-state index contributed by atoms with van der Waals surface area (Å²) in [5.41, 5.74) is 11.8. The Kier molecular flexibility index (Phi) is 10.0. The van der Waals surface area contributed by atoms with Crippen molar-refractivity contribution >= 4 is 5.91 Å². The summed E-state index contributed by atoms with van der Waals surface area (Å²) in [6.45, 7) is 4.38. The summed E-state index contributed by atoms with van der Waals surface area (Å²) in [4.78, 5) is 11.9. The predicted molar refractivity (Wildman–Crippen MR) is 119 cm³/mol. The van der Waals surface area contributed by atoms with E-state index in [4.69, 9.17) is 20.9 Å². The Labute approximate surface area is 185 Å². The van der Waals surface area contributed by atoms with Crippen molar-refractivity contribution in [1.29, 1.82) is 0 Å². The molecule has 2 fully saturated rings.